The van der Waals surface area contributed by atoms with Crippen molar-refractivity contribution in [2.45, 2.75) is 26.7 Å². The van der Waals surface area contributed by atoms with Gasteiger partial charge in [-0.3, -0.25) is 4.79 Å². The van der Waals surface area contributed by atoms with Gasteiger partial charge in [0.15, 0.2) is 12.1 Å². The monoisotopic (exact) mass is 479 g/mol. The van der Waals surface area contributed by atoms with Crippen LogP contribution in [0, 0.1) is 23.5 Å². The first-order valence-corrected chi connectivity index (χ1v) is 11.5. The van der Waals surface area contributed by atoms with Crippen molar-refractivity contribution < 1.29 is 18.4 Å². The fraction of sp³-hybridized carbons (Fsp3) is 0.346. The highest BCUT2D eigenvalue weighted by Crippen LogP contribution is 2.34. The summed E-state index contributed by atoms with van der Waals surface area (Å²) in [6.07, 6.45) is 3.61. The summed E-state index contributed by atoms with van der Waals surface area (Å²) in [6, 6.07) is 6.92. The van der Waals surface area contributed by atoms with Crippen LogP contribution in [0.25, 0.3) is 22.0 Å². The highest BCUT2D eigenvalue weighted by molar-refractivity contribution is 5.99. The van der Waals surface area contributed by atoms with Crippen molar-refractivity contribution >= 4 is 35.6 Å². The molecule has 0 aliphatic carbocycles. The molecule has 1 aliphatic heterocycles. The number of benzene rings is 2. The molecule has 2 heterocycles. The van der Waals surface area contributed by atoms with E-state index < -0.39 is 11.6 Å². The van der Waals surface area contributed by atoms with E-state index in [4.69, 9.17) is 4.84 Å². The maximum absolute atomic E-state index is 14.7. The number of fused-ring (bicyclic) bond motifs is 1. The Balaban J connectivity index is 1.55. The van der Waals surface area contributed by atoms with Crippen molar-refractivity contribution in [2.24, 2.45) is 22.0 Å². The number of oxime groups is 1. The average Bonchev–Trinajstić information content (AvgIpc) is 2.86. The number of amidine groups is 1. The molecule has 2 aromatic carbocycles. The van der Waals surface area contributed by atoms with E-state index in [9.17, 15) is 13.6 Å². The molecule has 0 amide bonds. The molecular formula is C26H27F2N5O2. The number of anilines is 1. The van der Waals surface area contributed by atoms with Gasteiger partial charge in [0.05, 0.1) is 11.1 Å². The second-order valence-electron chi connectivity index (χ2n) is 8.89. The van der Waals surface area contributed by atoms with Crippen LogP contribution in [0.2, 0.25) is 0 Å². The summed E-state index contributed by atoms with van der Waals surface area (Å²) in [7, 11) is 0. The Morgan fingerprint density at radius 2 is 2.00 bits per heavy atom. The molecule has 3 aromatic rings. The van der Waals surface area contributed by atoms with Crippen molar-refractivity contribution in [3.05, 3.63) is 53.9 Å². The van der Waals surface area contributed by atoms with E-state index in [1.807, 2.05) is 13.8 Å². The molecule has 9 heteroatoms. The van der Waals surface area contributed by atoms with Gasteiger partial charge in [0.1, 0.15) is 30.4 Å². The number of piperidine rings is 1. The lowest BCUT2D eigenvalue weighted by atomic mass is 9.97. The predicted molar refractivity (Wildman–Crippen MR) is 133 cm³/mol. The third-order valence-electron chi connectivity index (χ3n) is 6.18. The van der Waals surface area contributed by atoms with Crippen LogP contribution in [0.3, 0.4) is 0 Å². The number of aldehydes is 1. The number of carbonyl (C=O) groups is 1. The van der Waals surface area contributed by atoms with Crippen LogP contribution in [0.15, 0.2) is 46.8 Å². The number of nitrogens with zero attached hydrogens (tertiary/aromatic N) is 5. The third kappa shape index (κ3) is 5.34. The Morgan fingerprint density at radius 1 is 1.23 bits per heavy atom. The SMILES string of the molecule is C=N/C(=N\OCC1CCN(c2ncnc3c(-c4ccc(C=O)c(F)c4)cc(F)cc23)CC1)C(C)C. The molecule has 35 heavy (non-hydrogen) atoms. The minimum absolute atomic E-state index is 0.0523. The van der Waals surface area contributed by atoms with Crippen LogP contribution >= 0.6 is 0 Å². The number of aromatic nitrogens is 2. The van der Waals surface area contributed by atoms with Gasteiger partial charge in [-0.05, 0) is 55.3 Å². The highest BCUT2D eigenvalue weighted by Gasteiger charge is 2.23. The van der Waals surface area contributed by atoms with Crippen LogP contribution in [-0.4, -0.2) is 48.5 Å². The van der Waals surface area contributed by atoms with Gasteiger partial charge in [0.2, 0.25) is 0 Å². The molecule has 1 aliphatic rings. The fourth-order valence-corrected chi connectivity index (χ4v) is 4.22. The fourth-order valence-electron chi connectivity index (χ4n) is 4.22. The Morgan fingerprint density at radius 3 is 2.66 bits per heavy atom. The highest BCUT2D eigenvalue weighted by atomic mass is 19.1. The Labute approximate surface area is 202 Å². The van der Waals surface area contributed by atoms with Gasteiger partial charge in [-0.15, -0.1) is 0 Å². The predicted octanol–water partition coefficient (Wildman–Crippen LogP) is 5.29. The number of rotatable bonds is 7. The Bertz CT molecular complexity index is 1270. The maximum Gasteiger partial charge on any atom is 0.169 e. The van der Waals surface area contributed by atoms with Gasteiger partial charge in [-0.2, -0.15) is 0 Å². The molecule has 7 nitrogen and oxygen atoms in total. The molecule has 0 unspecified atom stereocenters. The van der Waals surface area contributed by atoms with Crippen LogP contribution in [0.5, 0.6) is 0 Å². The molecule has 0 bridgehead atoms. The second-order valence-corrected chi connectivity index (χ2v) is 8.89. The Kier molecular flexibility index (Phi) is 7.43. The molecule has 0 N–H and O–H groups in total. The summed E-state index contributed by atoms with van der Waals surface area (Å²) < 4.78 is 28.9. The largest absolute Gasteiger partial charge is 0.394 e. The normalized spacial score (nSPS) is 15.0. The smallest absolute Gasteiger partial charge is 0.169 e. The van der Waals surface area contributed by atoms with Crippen molar-refractivity contribution in [1.29, 1.82) is 0 Å². The van der Waals surface area contributed by atoms with E-state index >= 15 is 0 Å². The lowest BCUT2D eigenvalue weighted by Crippen LogP contribution is -2.35. The zero-order chi connectivity index (χ0) is 24.9. The van der Waals surface area contributed by atoms with Gasteiger partial charge in [0, 0.05) is 30.0 Å². The van der Waals surface area contributed by atoms with E-state index in [-0.39, 0.29) is 11.5 Å². The second kappa shape index (κ2) is 10.7. The number of hydrogen-bond acceptors (Lipinski definition) is 6. The van der Waals surface area contributed by atoms with Crippen molar-refractivity contribution in [2.75, 3.05) is 24.6 Å². The molecule has 0 saturated carbocycles. The molecule has 1 fully saturated rings. The van der Waals surface area contributed by atoms with Crippen LogP contribution in [0.1, 0.15) is 37.0 Å². The zero-order valence-corrected chi connectivity index (χ0v) is 19.7. The summed E-state index contributed by atoms with van der Waals surface area (Å²) in [4.78, 5) is 31.3. The first-order chi connectivity index (χ1) is 16.9. The van der Waals surface area contributed by atoms with Gasteiger partial charge in [-0.25, -0.2) is 23.7 Å². The van der Waals surface area contributed by atoms with E-state index in [0.29, 0.717) is 52.5 Å². The standard InChI is InChI=1S/C26H27F2N5O2/c1-16(2)25(29-3)32-35-14-17-6-8-33(9-7-17)26-22-12-20(27)11-21(24(22)30-15-31-26)18-4-5-19(13-34)23(28)10-18/h4-5,10-13,15-17H,3,6-9,14H2,1-2H3/b32-25-. The number of aliphatic imine (C=N–C) groups is 1. The summed E-state index contributed by atoms with van der Waals surface area (Å²) in [5.74, 6) is 0.547. The van der Waals surface area contributed by atoms with Crippen molar-refractivity contribution in [3.63, 3.8) is 0 Å². The first kappa shape index (κ1) is 24.4. The lowest BCUT2D eigenvalue weighted by Gasteiger charge is -2.32. The average molecular weight is 480 g/mol. The maximum atomic E-state index is 14.7. The molecule has 0 atom stereocenters. The van der Waals surface area contributed by atoms with Crippen LogP contribution < -0.4 is 4.90 Å². The molecule has 0 spiro atoms. The van der Waals surface area contributed by atoms with Crippen molar-refractivity contribution in [1.82, 2.24) is 9.97 Å². The van der Waals surface area contributed by atoms with Gasteiger partial charge in [-0.1, -0.05) is 25.1 Å². The minimum atomic E-state index is -0.665. The molecular weight excluding hydrogens is 452 g/mol. The van der Waals surface area contributed by atoms with Gasteiger partial charge >= 0.3 is 0 Å². The van der Waals surface area contributed by atoms with Crippen molar-refractivity contribution in [3.8, 4) is 11.1 Å². The number of halogens is 2. The lowest BCUT2D eigenvalue weighted by molar-refractivity contribution is 0.0958. The Hall–Kier alpha value is -3.75. The molecule has 4 rings (SSSR count). The summed E-state index contributed by atoms with van der Waals surface area (Å²) in [5, 5.41) is 4.64. The summed E-state index contributed by atoms with van der Waals surface area (Å²) in [5.41, 5.74) is 1.35. The molecule has 182 valence electrons. The molecule has 1 aromatic heterocycles. The third-order valence-corrected chi connectivity index (χ3v) is 6.18. The zero-order valence-electron chi connectivity index (χ0n) is 19.7. The topological polar surface area (TPSA) is 80.0 Å². The van der Waals surface area contributed by atoms with E-state index in [1.54, 1.807) is 6.07 Å². The van der Waals surface area contributed by atoms with Crippen LogP contribution in [0.4, 0.5) is 14.6 Å². The minimum Gasteiger partial charge on any atom is -0.394 e. The van der Waals surface area contributed by atoms with E-state index in [1.165, 1.54) is 30.6 Å². The van der Waals surface area contributed by atoms with Gasteiger partial charge in [0.25, 0.3) is 0 Å². The number of carbonyl (C=O) groups excluding carboxylic acids is 1. The first-order valence-electron chi connectivity index (χ1n) is 11.5. The summed E-state index contributed by atoms with van der Waals surface area (Å²) >= 11 is 0. The van der Waals surface area contributed by atoms with E-state index in [2.05, 4.69) is 31.7 Å². The van der Waals surface area contributed by atoms with E-state index in [0.717, 1.165) is 25.9 Å². The summed E-state index contributed by atoms with van der Waals surface area (Å²) in [6.45, 7) is 9.40. The van der Waals surface area contributed by atoms with Crippen LogP contribution in [-0.2, 0) is 4.84 Å². The van der Waals surface area contributed by atoms with Gasteiger partial charge < -0.3 is 9.74 Å². The number of hydrogen-bond donors (Lipinski definition) is 0. The molecule has 1 saturated heterocycles. The quantitative estimate of drug-likeness (QED) is 0.199. The molecule has 0 radical (unpaired) electrons.